The number of aromatic nitrogens is 5. The van der Waals surface area contributed by atoms with Crippen molar-refractivity contribution in [3.05, 3.63) is 47.3 Å². The number of sulfonamides is 1. The number of rotatable bonds is 10. The number of hydrogen-bond donors (Lipinski definition) is 1. The molecule has 2 unspecified atom stereocenters. The van der Waals surface area contributed by atoms with E-state index in [9.17, 15) is 16.8 Å². The Morgan fingerprint density at radius 3 is 2.11 bits per heavy atom. The zero-order valence-electron chi connectivity index (χ0n) is 19.6. The molecule has 0 bridgehead atoms. The zero-order chi connectivity index (χ0) is 26.0. The smallest absolute Gasteiger partial charge is 0.243 e. The first-order valence-corrected chi connectivity index (χ1v) is 14.2. The fourth-order valence-corrected chi connectivity index (χ4v) is 5.24. The second-order valence-corrected chi connectivity index (χ2v) is 12.4. The number of nitrogens with one attached hydrogen (secondary N) is 1. The molecule has 1 aromatic carbocycles. The van der Waals surface area contributed by atoms with E-state index in [2.05, 4.69) is 24.9 Å². The largest absolute Gasteiger partial charge is 0.494 e. The molecule has 3 rings (SSSR count). The normalized spacial score (nSPS) is 13.8. The van der Waals surface area contributed by atoms with Gasteiger partial charge >= 0.3 is 0 Å². The first kappa shape index (κ1) is 26.6. The summed E-state index contributed by atoms with van der Waals surface area (Å²) in [6.45, 7) is 3.16. The van der Waals surface area contributed by atoms with E-state index in [1.165, 1.54) is 38.1 Å². The summed E-state index contributed by atoms with van der Waals surface area (Å²) in [6.07, 6.45) is 3.80. The topological polar surface area (TPSA) is 155 Å². The number of ether oxygens (including phenoxy) is 2. The van der Waals surface area contributed by atoms with Crippen molar-refractivity contribution < 1.29 is 26.3 Å². The third-order valence-electron chi connectivity index (χ3n) is 5.22. The summed E-state index contributed by atoms with van der Waals surface area (Å²) in [5.74, 6) is -0.522. The third-order valence-corrected chi connectivity index (χ3v) is 8.05. The number of nitrogens with zero attached hydrogens (tertiary/aromatic N) is 5. The first-order chi connectivity index (χ1) is 16.4. The molecule has 0 saturated carbocycles. The average Bonchev–Trinajstić information content (AvgIpc) is 3.16. The maximum absolute atomic E-state index is 13.3. The van der Waals surface area contributed by atoms with Crippen LogP contribution >= 0.6 is 11.6 Å². The number of methoxy groups -OCH3 is 2. The van der Waals surface area contributed by atoms with Crippen molar-refractivity contribution in [2.75, 3.05) is 25.2 Å². The Bertz CT molecular complexity index is 1390. The maximum Gasteiger partial charge on any atom is 0.243 e. The maximum atomic E-state index is 13.3. The van der Waals surface area contributed by atoms with Crippen LogP contribution in [0.1, 0.15) is 31.4 Å². The van der Waals surface area contributed by atoms with Gasteiger partial charge in [-0.15, -0.1) is 10.2 Å². The Kier molecular flexibility index (Phi) is 7.87. The molecule has 0 fully saturated rings. The van der Waals surface area contributed by atoms with Gasteiger partial charge in [-0.05, 0) is 19.1 Å². The van der Waals surface area contributed by atoms with Crippen molar-refractivity contribution in [3.63, 3.8) is 0 Å². The Balaban J connectivity index is 2.10. The highest BCUT2D eigenvalue weighted by atomic mass is 35.5. The lowest BCUT2D eigenvalue weighted by Gasteiger charge is -2.21. The van der Waals surface area contributed by atoms with Crippen molar-refractivity contribution in [1.29, 1.82) is 0 Å². The molecule has 2 aromatic heterocycles. The van der Waals surface area contributed by atoms with Gasteiger partial charge in [-0.25, -0.2) is 26.8 Å². The molecule has 0 saturated heterocycles. The summed E-state index contributed by atoms with van der Waals surface area (Å²) in [6, 6.07) is 4.90. The van der Waals surface area contributed by atoms with Crippen LogP contribution in [0.15, 0.2) is 30.6 Å². The molecule has 0 aliphatic carbocycles. The number of benzene rings is 1. The van der Waals surface area contributed by atoms with E-state index in [1.807, 2.05) is 0 Å². The Hall–Kier alpha value is -2.97. The lowest BCUT2D eigenvalue weighted by molar-refractivity contribution is 0.391. The monoisotopic (exact) mass is 544 g/mol. The van der Waals surface area contributed by atoms with Gasteiger partial charge in [-0.1, -0.05) is 24.6 Å². The molecule has 15 heteroatoms. The molecular weight excluding hydrogens is 520 g/mol. The van der Waals surface area contributed by atoms with Crippen LogP contribution in [0.5, 0.6) is 11.5 Å². The van der Waals surface area contributed by atoms with Gasteiger partial charge in [0.2, 0.25) is 16.0 Å². The molecule has 1 N–H and O–H groups in total. The number of para-hydroxylation sites is 1. The van der Waals surface area contributed by atoms with E-state index in [0.29, 0.717) is 5.02 Å². The quantitative estimate of drug-likeness (QED) is 0.401. The lowest BCUT2D eigenvalue weighted by atomic mass is 10.1. The molecule has 0 aliphatic heterocycles. The summed E-state index contributed by atoms with van der Waals surface area (Å²) >= 11 is 5.83. The van der Waals surface area contributed by atoms with Crippen molar-refractivity contribution in [1.82, 2.24) is 24.7 Å². The molecule has 0 aliphatic rings. The van der Waals surface area contributed by atoms with Crippen LogP contribution in [0.2, 0.25) is 5.02 Å². The van der Waals surface area contributed by atoms with E-state index >= 15 is 0 Å². The van der Waals surface area contributed by atoms with Crippen LogP contribution in [0.3, 0.4) is 0 Å². The van der Waals surface area contributed by atoms with E-state index in [4.69, 9.17) is 21.1 Å². The van der Waals surface area contributed by atoms with Crippen LogP contribution < -0.4 is 14.2 Å². The van der Waals surface area contributed by atoms with Gasteiger partial charge in [-0.2, -0.15) is 0 Å². The Morgan fingerprint density at radius 2 is 1.60 bits per heavy atom. The van der Waals surface area contributed by atoms with Gasteiger partial charge in [-0.3, -0.25) is 9.29 Å². The highest BCUT2D eigenvalue weighted by Crippen LogP contribution is 2.36. The second kappa shape index (κ2) is 10.3. The van der Waals surface area contributed by atoms with Gasteiger partial charge in [0.25, 0.3) is 0 Å². The molecule has 12 nitrogen and oxygen atoms in total. The molecule has 0 amide bonds. The number of halogens is 1. The van der Waals surface area contributed by atoms with Gasteiger partial charge in [0.1, 0.15) is 28.8 Å². The molecule has 35 heavy (non-hydrogen) atoms. The van der Waals surface area contributed by atoms with E-state index in [0.717, 1.165) is 6.26 Å². The SMILES string of the molecule is COc1cccc(OC)c1-n1c(CS(C)(=O)=O)nnc1NS(=O)(=O)C(C)C(C)c1ncc(Cl)cn1. The van der Waals surface area contributed by atoms with Gasteiger partial charge in [0, 0.05) is 24.6 Å². The average molecular weight is 545 g/mol. The van der Waals surface area contributed by atoms with Crippen LogP contribution in [-0.4, -0.2) is 67.3 Å². The van der Waals surface area contributed by atoms with Crippen molar-refractivity contribution in [2.24, 2.45) is 0 Å². The molecule has 190 valence electrons. The predicted octanol–water partition coefficient (Wildman–Crippen LogP) is 2.21. The fraction of sp³-hybridized carbons (Fsp3) is 0.400. The summed E-state index contributed by atoms with van der Waals surface area (Å²) < 4.78 is 65.3. The predicted molar refractivity (Wildman–Crippen MR) is 130 cm³/mol. The van der Waals surface area contributed by atoms with Gasteiger partial charge < -0.3 is 9.47 Å². The second-order valence-electron chi connectivity index (χ2n) is 7.76. The first-order valence-electron chi connectivity index (χ1n) is 10.2. The van der Waals surface area contributed by atoms with Crippen LogP contribution in [0.25, 0.3) is 5.69 Å². The molecule has 3 aromatic rings. The van der Waals surface area contributed by atoms with E-state index in [-0.39, 0.29) is 34.8 Å². The molecular formula is C20H25ClN6O6S2. The minimum absolute atomic E-state index is 0.0327. The highest BCUT2D eigenvalue weighted by molar-refractivity contribution is 7.93. The fourth-order valence-electron chi connectivity index (χ4n) is 3.25. The number of hydrogen-bond acceptors (Lipinski definition) is 10. The minimum atomic E-state index is -4.09. The molecule has 2 atom stereocenters. The Labute approximate surface area is 208 Å². The summed E-state index contributed by atoms with van der Waals surface area (Å²) in [4.78, 5) is 8.21. The third kappa shape index (κ3) is 6.00. The highest BCUT2D eigenvalue weighted by Gasteiger charge is 2.32. The van der Waals surface area contributed by atoms with Crippen molar-refractivity contribution >= 4 is 37.4 Å². The molecule has 0 spiro atoms. The lowest BCUT2D eigenvalue weighted by Crippen LogP contribution is -2.31. The van der Waals surface area contributed by atoms with E-state index in [1.54, 1.807) is 25.1 Å². The van der Waals surface area contributed by atoms with Crippen molar-refractivity contribution in [2.45, 2.75) is 30.8 Å². The van der Waals surface area contributed by atoms with Crippen molar-refractivity contribution in [3.8, 4) is 17.2 Å². The number of anilines is 1. The number of sulfone groups is 1. The minimum Gasteiger partial charge on any atom is -0.494 e. The Morgan fingerprint density at radius 1 is 1.03 bits per heavy atom. The van der Waals surface area contributed by atoms with Crippen LogP contribution in [0, 0.1) is 0 Å². The van der Waals surface area contributed by atoms with Gasteiger partial charge in [0.15, 0.2) is 15.7 Å². The van der Waals surface area contributed by atoms with Gasteiger partial charge in [0.05, 0.1) is 24.5 Å². The van der Waals surface area contributed by atoms with Crippen LogP contribution in [0.4, 0.5) is 5.95 Å². The van der Waals surface area contributed by atoms with Crippen LogP contribution in [-0.2, 0) is 25.6 Å². The van der Waals surface area contributed by atoms with E-state index < -0.39 is 36.8 Å². The summed E-state index contributed by atoms with van der Waals surface area (Å²) in [5.41, 5.74) is 0.237. The molecule has 2 heterocycles. The molecule has 0 radical (unpaired) electrons. The summed E-state index contributed by atoms with van der Waals surface area (Å²) in [5, 5.41) is 7.20. The zero-order valence-corrected chi connectivity index (χ0v) is 22.0. The summed E-state index contributed by atoms with van der Waals surface area (Å²) in [7, 11) is -4.81. The standard InChI is InChI=1S/C20H25ClN6O6S2/c1-12(19-22-9-14(21)10-23-19)13(2)35(30,31)26-20-25-24-17(11-34(5,28)29)27(20)18-15(32-3)7-6-8-16(18)33-4/h6-10,12-13H,11H2,1-5H3,(H,25,26).